The van der Waals surface area contributed by atoms with Crippen LogP contribution < -0.4 is 25.0 Å². The number of aliphatic hydroxyl groups is 1. The Morgan fingerprint density at radius 2 is 1.76 bits per heavy atom. The molecule has 1 saturated carbocycles. The number of hydrogen-bond donors (Lipinski definition) is 4. The molecule has 244 valence electrons. The molecule has 4 N–H and O–H groups in total. The fraction of sp³-hybridized carbons (Fsp3) is 0.419. The Kier molecular flexibility index (Phi) is 11.1. The zero-order valence-electron chi connectivity index (χ0n) is 25.4. The standard InChI is InChI=1S/C31H38ClF2N5O5S/c1-18(2)45(42,43)39(4)30-11-20(10-29(38-30)36-15-21-9-19(21)3)31(41)37-27(17-44-26-13-23(33)12-24(34)14-26)28(40)16-35-25-7-5-22(32)6-8-25/h5-8,10-14,18-19,21,27-28,35,40H,9,15-17H2,1-4H3,(H,36,38)(H,37,41). The summed E-state index contributed by atoms with van der Waals surface area (Å²) in [6.07, 6.45) is -0.178. The van der Waals surface area contributed by atoms with Crippen molar-refractivity contribution in [3.63, 3.8) is 0 Å². The first kappa shape index (κ1) is 34.2. The maximum absolute atomic E-state index is 13.8. The molecule has 0 radical (unpaired) electrons. The molecule has 45 heavy (non-hydrogen) atoms. The molecule has 2 aromatic carbocycles. The van der Waals surface area contributed by atoms with Gasteiger partial charge in [0.2, 0.25) is 10.0 Å². The van der Waals surface area contributed by atoms with Crippen molar-refractivity contribution in [1.82, 2.24) is 10.3 Å². The minimum Gasteiger partial charge on any atom is -0.491 e. The summed E-state index contributed by atoms with van der Waals surface area (Å²) < 4.78 is 60.0. The molecule has 0 spiro atoms. The van der Waals surface area contributed by atoms with Crippen LogP contribution in [-0.2, 0) is 10.0 Å². The Hall–Kier alpha value is -3.68. The highest BCUT2D eigenvalue weighted by molar-refractivity contribution is 7.93. The van der Waals surface area contributed by atoms with E-state index in [0.29, 0.717) is 41.0 Å². The lowest BCUT2D eigenvalue weighted by Crippen LogP contribution is -2.49. The van der Waals surface area contributed by atoms with Gasteiger partial charge in [-0.25, -0.2) is 22.2 Å². The first-order chi connectivity index (χ1) is 21.2. The number of pyridine rings is 1. The summed E-state index contributed by atoms with van der Waals surface area (Å²) in [5.41, 5.74) is 0.738. The smallest absolute Gasteiger partial charge is 0.251 e. The lowest BCUT2D eigenvalue weighted by molar-refractivity contribution is 0.0769. The van der Waals surface area contributed by atoms with Crippen molar-refractivity contribution < 1.29 is 31.8 Å². The summed E-state index contributed by atoms with van der Waals surface area (Å²) in [5.74, 6) is -1.11. The number of ether oxygens (including phenoxy) is 1. The quantitative estimate of drug-likeness (QED) is 0.180. The number of nitrogens with one attached hydrogen (secondary N) is 3. The molecular formula is C31H38ClF2N5O5S. The molecule has 4 atom stereocenters. The van der Waals surface area contributed by atoms with E-state index < -0.39 is 45.0 Å². The van der Waals surface area contributed by atoms with Crippen molar-refractivity contribution in [2.24, 2.45) is 11.8 Å². The van der Waals surface area contributed by atoms with Crippen molar-refractivity contribution in [1.29, 1.82) is 0 Å². The summed E-state index contributed by atoms with van der Waals surface area (Å²) in [4.78, 5) is 18.1. The predicted molar refractivity (Wildman–Crippen MR) is 172 cm³/mol. The molecule has 1 aromatic heterocycles. The molecule has 0 aliphatic heterocycles. The van der Waals surface area contributed by atoms with Gasteiger partial charge in [-0.05, 0) is 68.5 Å². The van der Waals surface area contributed by atoms with Crippen LogP contribution in [0.2, 0.25) is 5.02 Å². The number of aliphatic hydroxyl groups excluding tert-OH is 1. The van der Waals surface area contributed by atoms with Crippen molar-refractivity contribution in [3.8, 4) is 5.75 Å². The van der Waals surface area contributed by atoms with Crippen molar-refractivity contribution >= 4 is 44.9 Å². The Labute approximate surface area is 267 Å². The van der Waals surface area contributed by atoms with E-state index in [1.54, 1.807) is 38.1 Å². The van der Waals surface area contributed by atoms with Gasteiger partial charge in [-0.15, -0.1) is 0 Å². The Bertz CT molecular complexity index is 1580. The number of rotatable bonds is 15. The van der Waals surface area contributed by atoms with E-state index in [1.165, 1.54) is 19.2 Å². The van der Waals surface area contributed by atoms with Gasteiger partial charge >= 0.3 is 0 Å². The van der Waals surface area contributed by atoms with Crippen LogP contribution in [0.3, 0.4) is 0 Å². The van der Waals surface area contributed by atoms with Gasteiger partial charge in [0.05, 0.1) is 17.4 Å². The van der Waals surface area contributed by atoms with Crippen LogP contribution in [0.25, 0.3) is 0 Å². The van der Waals surface area contributed by atoms with Gasteiger partial charge in [0.1, 0.15) is 35.6 Å². The summed E-state index contributed by atoms with van der Waals surface area (Å²) in [7, 11) is -2.39. The van der Waals surface area contributed by atoms with Crippen LogP contribution in [0.15, 0.2) is 54.6 Å². The van der Waals surface area contributed by atoms with Gasteiger partial charge in [0.15, 0.2) is 0 Å². The normalized spacial score (nSPS) is 17.4. The SMILES string of the molecule is CC1CC1CNc1cc(C(=O)NC(COc2cc(F)cc(F)c2)C(O)CNc2ccc(Cl)cc2)cc(N(C)S(=O)(=O)C(C)C)n1. The second-order valence-electron chi connectivity index (χ2n) is 11.5. The first-order valence-electron chi connectivity index (χ1n) is 14.5. The molecule has 14 heteroatoms. The highest BCUT2D eigenvalue weighted by atomic mass is 35.5. The van der Waals surface area contributed by atoms with E-state index in [9.17, 15) is 27.1 Å². The highest BCUT2D eigenvalue weighted by Crippen LogP contribution is 2.37. The van der Waals surface area contributed by atoms with Crippen LogP contribution in [0.5, 0.6) is 5.75 Å². The zero-order valence-corrected chi connectivity index (χ0v) is 27.0. The van der Waals surface area contributed by atoms with Crippen LogP contribution in [0.4, 0.5) is 26.1 Å². The molecule has 4 unspecified atom stereocenters. The number of nitrogens with zero attached hydrogens (tertiary/aromatic N) is 2. The number of hydrogen-bond acceptors (Lipinski definition) is 8. The lowest BCUT2D eigenvalue weighted by Gasteiger charge is -2.26. The number of amides is 1. The average Bonchev–Trinajstić information content (AvgIpc) is 3.71. The third-order valence-electron chi connectivity index (χ3n) is 7.60. The Morgan fingerprint density at radius 1 is 1.11 bits per heavy atom. The molecule has 10 nitrogen and oxygen atoms in total. The zero-order chi connectivity index (χ0) is 32.9. The number of aromatic nitrogens is 1. The fourth-order valence-corrected chi connectivity index (χ4v) is 5.61. The minimum atomic E-state index is -3.76. The van der Waals surface area contributed by atoms with Crippen LogP contribution in [0, 0.1) is 23.5 Å². The molecule has 0 bridgehead atoms. The number of halogens is 3. The number of carbonyl (C=O) groups excluding carboxylic acids is 1. The van der Waals surface area contributed by atoms with Gasteiger partial charge in [0, 0.05) is 54.6 Å². The van der Waals surface area contributed by atoms with Crippen LogP contribution >= 0.6 is 11.6 Å². The van der Waals surface area contributed by atoms with Crippen LogP contribution in [0.1, 0.15) is 37.6 Å². The molecule has 1 fully saturated rings. The van der Waals surface area contributed by atoms with E-state index in [-0.39, 0.29) is 30.3 Å². The molecule has 0 saturated heterocycles. The summed E-state index contributed by atoms with van der Waals surface area (Å²) in [6.45, 7) is 5.45. The molecule has 3 aromatic rings. The Balaban J connectivity index is 1.58. The molecule has 1 amide bonds. The maximum atomic E-state index is 13.8. The maximum Gasteiger partial charge on any atom is 0.251 e. The first-order valence-corrected chi connectivity index (χ1v) is 16.4. The molecule has 1 aliphatic carbocycles. The van der Waals surface area contributed by atoms with Gasteiger partial charge < -0.3 is 25.8 Å². The molecular weight excluding hydrogens is 628 g/mol. The molecule has 1 heterocycles. The monoisotopic (exact) mass is 665 g/mol. The van der Waals surface area contributed by atoms with E-state index in [2.05, 4.69) is 27.9 Å². The van der Waals surface area contributed by atoms with Crippen molar-refractivity contribution in [3.05, 3.63) is 76.8 Å². The van der Waals surface area contributed by atoms with Crippen molar-refractivity contribution in [2.45, 2.75) is 44.6 Å². The highest BCUT2D eigenvalue weighted by Gasteiger charge is 2.32. The number of anilines is 3. The minimum absolute atomic E-state index is 0.0310. The van der Waals surface area contributed by atoms with E-state index in [0.717, 1.165) is 22.9 Å². The molecule has 1 aliphatic rings. The second kappa shape index (κ2) is 14.6. The van der Waals surface area contributed by atoms with E-state index >= 15 is 0 Å². The fourth-order valence-electron chi connectivity index (χ4n) is 4.50. The summed E-state index contributed by atoms with van der Waals surface area (Å²) in [5, 5.41) is 19.9. The van der Waals surface area contributed by atoms with E-state index in [4.69, 9.17) is 16.3 Å². The second-order valence-corrected chi connectivity index (χ2v) is 14.4. The van der Waals surface area contributed by atoms with E-state index in [1.807, 2.05) is 0 Å². The van der Waals surface area contributed by atoms with Gasteiger partial charge in [0.25, 0.3) is 5.91 Å². The van der Waals surface area contributed by atoms with Crippen LogP contribution in [-0.4, -0.2) is 68.6 Å². The third-order valence-corrected chi connectivity index (χ3v) is 10.00. The van der Waals surface area contributed by atoms with Crippen molar-refractivity contribution in [2.75, 3.05) is 41.7 Å². The number of sulfonamides is 1. The lowest BCUT2D eigenvalue weighted by atomic mass is 10.1. The molecule has 4 rings (SSSR count). The summed E-state index contributed by atoms with van der Waals surface area (Å²) >= 11 is 5.95. The average molecular weight is 666 g/mol. The third kappa shape index (κ3) is 9.41. The van der Waals surface area contributed by atoms with Gasteiger partial charge in [-0.2, -0.15) is 0 Å². The summed E-state index contributed by atoms with van der Waals surface area (Å²) in [6, 6.07) is 11.2. The van der Waals surface area contributed by atoms with Gasteiger partial charge in [-0.3, -0.25) is 9.10 Å². The Morgan fingerprint density at radius 3 is 2.36 bits per heavy atom. The predicted octanol–water partition coefficient (Wildman–Crippen LogP) is 4.91. The largest absolute Gasteiger partial charge is 0.491 e. The topological polar surface area (TPSA) is 133 Å². The van der Waals surface area contributed by atoms with Gasteiger partial charge in [-0.1, -0.05) is 18.5 Å². The number of carbonyl (C=O) groups is 1. The number of benzene rings is 2.